The number of nitrogens with one attached hydrogen (secondary N) is 2. The molecule has 3 heterocycles. The van der Waals surface area contributed by atoms with Gasteiger partial charge in [-0.25, -0.2) is 4.99 Å². The molecule has 5 N–H and O–H groups in total. The monoisotopic (exact) mass is 387 g/mol. The fourth-order valence-electron chi connectivity index (χ4n) is 4.48. The molecule has 2 fully saturated rings. The van der Waals surface area contributed by atoms with Crippen LogP contribution in [0.2, 0.25) is 0 Å². The van der Waals surface area contributed by atoms with Gasteiger partial charge in [-0.2, -0.15) is 0 Å². The molecule has 0 bridgehead atoms. The molecule has 0 unspecified atom stereocenters. The quantitative estimate of drug-likeness (QED) is 0.624. The minimum Gasteiger partial charge on any atom is -0.400 e. The van der Waals surface area contributed by atoms with E-state index in [2.05, 4.69) is 27.2 Å². The largest absolute Gasteiger partial charge is 0.400 e. The number of hydrogen-bond donors (Lipinski definition) is 4. The van der Waals surface area contributed by atoms with E-state index in [0.29, 0.717) is 11.8 Å². The van der Waals surface area contributed by atoms with Gasteiger partial charge >= 0.3 is 0 Å². The molecule has 0 radical (unpaired) electrons. The lowest BCUT2D eigenvalue weighted by Crippen LogP contribution is -2.40. The van der Waals surface area contributed by atoms with Crippen LogP contribution in [0.5, 0.6) is 0 Å². The van der Waals surface area contributed by atoms with E-state index in [-0.39, 0.29) is 0 Å². The highest BCUT2D eigenvalue weighted by Gasteiger charge is 2.29. The lowest BCUT2D eigenvalue weighted by atomic mass is 9.83. The Hall–Kier alpha value is -1.79. The number of H-pyrrole nitrogens is 1. The van der Waals surface area contributed by atoms with Crippen LogP contribution in [0.25, 0.3) is 5.70 Å². The third-order valence-electron chi connectivity index (χ3n) is 6.45. The topological polar surface area (TPSA) is 89.7 Å². The van der Waals surface area contributed by atoms with Gasteiger partial charge in [-0.05, 0) is 71.7 Å². The summed E-state index contributed by atoms with van der Waals surface area (Å²) in [4.78, 5) is 9.69. The van der Waals surface area contributed by atoms with Crippen molar-refractivity contribution in [2.45, 2.75) is 64.4 Å². The van der Waals surface area contributed by atoms with Crippen molar-refractivity contribution >= 4 is 17.9 Å². The number of aliphatic hydroxyl groups is 1. The standard InChI is InChI=1S/C13H18N4.C9H19NO/c14-11(9-4-2-1-3-5-9)12-10-6-7-15-13(10)17-8-16-12;1-9(2,11)8-4-6-10(3)7-5-8/h6-9,15H,1-5,14H2,(H,16,17);8,11H,4-7H2,1-3H3/b12-11-;. The Morgan fingerprint density at radius 1 is 1.18 bits per heavy atom. The molecule has 6 heteroatoms. The Morgan fingerprint density at radius 2 is 1.86 bits per heavy atom. The van der Waals surface area contributed by atoms with Crippen molar-refractivity contribution in [2.75, 3.05) is 20.1 Å². The Kier molecular flexibility index (Phi) is 6.83. The van der Waals surface area contributed by atoms with E-state index < -0.39 is 5.60 Å². The zero-order valence-corrected chi connectivity index (χ0v) is 17.7. The Balaban J connectivity index is 0.000000178. The molecule has 6 nitrogen and oxygen atoms in total. The molecule has 0 aromatic carbocycles. The number of piperidine rings is 1. The third-order valence-corrected chi connectivity index (χ3v) is 6.45. The van der Waals surface area contributed by atoms with Crippen molar-refractivity contribution in [1.29, 1.82) is 0 Å². The maximum atomic E-state index is 9.71. The zero-order valence-electron chi connectivity index (χ0n) is 17.7. The minimum absolute atomic E-state index is 0.471. The summed E-state index contributed by atoms with van der Waals surface area (Å²) in [6, 6.07) is 2.03. The maximum absolute atomic E-state index is 9.71. The predicted octanol–water partition coefficient (Wildman–Crippen LogP) is 3.58. The van der Waals surface area contributed by atoms with Crippen molar-refractivity contribution in [2.24, 2.45) is 22.6 Å². The first-order valence-electron chi connectivity index (χ1n) is 10.7. The van der Waals surface area contributed by atoms with Gasteiger partial charge in [-0.3, -0.25) is 0 Å². The third kappa shape index (κ3) is 5.17. The Bertz CT molecular complexity index is 686. The van der Waals surface area contributed by atoms with E-state index in [1.807, 2.05) is 26.1 Å². The molecule has 0 atom stereocenters. The summed E-state index contributed by atoms with van der Waals surface area (Å²) in [5.74, 6) is 1.93. The first-order chi connectivity index (χ1) is 13.4. The van der Waals surface area contributed by atoms with Gasteiger partial charge in [0.05, 0.1) is 17.6 Å². The second-order valence-electron chi connectivity index (χ2n) is 9.04. The first-order valence-corrected chi connectivity index (χ1v) is 10.7. The van der Waals surface area contributed by atoms with Crippen LogP contribution in [-0.2, 0) is 0 Å². The highest BCUT2D eigenvalue weighted by atomic mass is 16.3. The number of nitrogens with two attached hydrogens (primary N) is 1. The van der Waals surface area contributed by atoms with Crippen LogP contribution in [0.3, 0.4) is 0 Å². The number of hydrogen-bond acceptors (Lipinski definition) is 5. The molecule has 2 aliphatic heterocycles. The van der Waals surface area contributed by atoms with Crippen molar-refractivity contribution in [1.82, 2.24) is 15.2 Å². The summed E-state index contributed by atoms with van der Waals surface area (Å²) >= 11 is 0. The SMILES string of the molecule is CN1CCC(C(C)(C)O)CC1.N/C(=C1\NC=Nc2[nH]ccc21)C1CCCCC1. The average molecular weight is 388 g/mol. The normalized spacial score (nSPS) is 23.4. The van der Waals surface area contributed by atoms with Gasteiger partial charge < -0.3 is 26.0 Å². The molecule has 1 aromatic heterocycles. The Morgan fingerprint density at radius 3 is 2.50 bits per heavy atom. The van der Waals surface area contributed by atoms with Gasteiger partial charge in [-0.1, -0.05) is 19.3 Å². The molecule has 1 aromatic rings. The number of likely N-dealkylation sites (tertiary alicyclic amines) is 1. The van der Waals surface area contributed by atoms with E-state index in [0.717, 1.165) is 48.7 Å². The molecule has 3 aliphatic rings. The molecular weight excluding hydrogens is 350 g/mol. The summed E-state index contributed by atoms with van der Waals surface area (Å²) in [5.41, 5.74) is 9.00. The van der Waals surface area contributed by atoms with E-state index >= 15 is 0 Å². The number of aliphatic imine (C=N–C) groups is 1. The summed E-state index contributed by atoms with van der Waals surface area (Å²) in [7, 11) is 2.14. The van der Waals surface area contributed by atoms with Crippen LogP contribution in [-0.4, -0.2) is 47.1 Å². The fourth-order valence-corrected chi connectivity index (χ4v) is 4.48. The van der Waals surface area contributed by atoms with Crippen molar-refractivity contribution in [3.8, 4) is 0 Å². The minimum atomic E-state index is -0.471. The molecule has 156 valence electrons. The van der Waals surface area contributed by atoms with Crippen LogP contribution in [0.15, 0.2) is 23.0 Å². The van der Waals surface area contributed by atoms with E-state index in [1.165, 1.54) is 32.1 Å². The molecule has 1 saturated carbocycles. The van der Waals surface area contributed by atoms with Gasteiger partial charge in [0.1, 0.15) is 5.82 Å². The first kappa shape index (κ1) is 20.9. The van der Waals surface area contributed by atoms with Gasteiger partial charge in [0, 0.05) is 23.4 Å². The van der Waals surface area contributed by atoms with Gasteiger partial charge in [-0.15, -0.1) is 0 Å². The zero-order chi connectivity index (χ0) is 20.1. The second-order valence-corrected chi connectivity index (χ2v) is 9.04. The highest BCUT2D eigenvalue weighted by molar-refractivity contribution is 5.87. The van der Waals surface area contributed by atoms with E-state index in [9.17, 15) is 5.11 Å². The molecule has 0 amide bonds. The van der Waals surface area contributed by atoms with Crippen LogP contribution in [0.4, 0.5) is 5.82 Å². The summed E-state index contributed by atoms with van der Waals surface area (Å²) in [6.45, 7) is 6.11. The number of fused-ring (bicyclic) bond motifs is 1. The number of allylic oxidation sites excluding steroid dienone is 1. The molecule has 0 spiro atoms. The molecule has 4 rings (SSSR count). The van der Waals surface area contributed by atoms with E-state index in [1.54, 1.807) is 6.34 Å². The van der Waals surface area contributed by atoms with Crippen LogP contribution in [0.1, 0.15) is 64.4 Å². The number of aromatic nitrogens is 1. The lowest BCUT2D eigenvalue weighted by molar-refractivity contribution is -0.00925. The van der Waals surface area contributed by atoms with Crippen LogP contribution < -0.4 is 11.1 Å². The fraction of sp³-hybridized carbons (Fsp3) is 0.682. The van der Waals surface area contributed by atoms with Gasteiger partial charge in [0.2, 0.25) is 0 Å². The van der Waals surface area contributed by atoms with Crippen molar-refractivity contribution < 1.29 is 5.11 Å². The molecule has 28 heavy (non-hydrogen) atoms. The summed E-state index contributed by atoms with van der Waals surface area (Å²) in [5, 5.41) is 12.9. The van der Waals surface area contributed by atoms with Crippen molar-refractivity contribution in [3.05, 3.63) is 23.5 Å². The maximum Gasteiger partial charge on any atom is 0.141 e. The summed E-state index contributed by atoms with van der Waals surface area (Å²) < 4.78 is 0. The Labute approximate surface area is 169 Å². The summed E-state index contributed by atoms with van der Waals surface area (Å²) in [6.07, 6.45) is 12.3. The van der Waals surface area contributed by atoms with E-state index in [4.69, 9.17) is 5.73 Å². The molecule has 1 aliphatic carbocycles. The van der Waals surface area contributed by atoms with Crippen LogP contribution >= 0.6 is 0 Å². The lowest BCUT2D eigenvalue weighted by Gasteiger charge is -2.36. The van der Waals surface area contributed by atoms with Gasteiger partial charge in [0.25, 0.3) is 0 Å². The highest BCUT2D eigenvalue weighted by Crippen LogP contribution is 2.34. The number of rotatable bonds is 2. The second kappa shape index (κ2) is 9.14. The molecule has 1 saturated heterocycles. The van der Waals surface area contributed by atoms with Crippen LogP contribution in [0, 0.1) is 11.8 Å². The molecular formula is C22H37N5O. The predicted molar refractivity (Wildman–Crippen MR) is 116 cm³/mol. The van der Waals surface area contributed by atoms with Crippen molar-refractivity contribution in [3.63, 3.8) is 0 Å². The smallest absolute Gasteiger partial charge is 0.141 e. The average Bonchev–Trinajstić information content (AvgIpc) is 3.17. The van der Waals surface area contributed by atoms with Gasteiger partial charge in [0.15, 0.2) is 0 Å². The number of aromatic amines is 1. The number of nitrogens with zero attached hydrogens (tertiary/aromatic N) is 2.